The molecule has 0 aliphatic heterocycles. The van der Waals surface area contributed by atoms with Crippen LogP contribution in [0.5, 0.6) is 0 Å². The fourth-order valence-corrected chi connectivity index (χ4v) is 1.77. The van der Waals surface area contributed by atoms with Gasteiger partial charge >= 0.3 is 5.51 Å². The second-order valence-electron chi connectivity index (χ2n) is 2.95. The number of hydrogen-bond donors (Lipinski definition) is 1. The van der Waals surface area contributed by atoms with E-state index in [2.05, 4.69) is 0 Å². The second-order valence-corrected chi connectivity index (χ2v) is 4.93. The molecule has 0 heterocycles. The molecule has 0 saturated carbocycles. The number of sulfone groups is 1. The van der Waals surface area contributed by atoms with Crippen LogP contribution in [0.4, 0.5) is 18.9 Å². The Morgan fingerprint density at radius 1 is 1.27 bits per heavy atom. The quantitative estimate of drug-likeness (QED) is 0.799. The number of hydrogen-bond acceptors (Lipinski definition) is 3. The maximum Gasteiger partial charge on any atom is 0.497 e. The SMILES string of the molecule is Nc1cccc(CS(=O)(=O)C(F)(F)F)c1. The molecule has 1 rings (SSSR count). The zero-order chi connectivity index (χ0) is 11.7. The molecule has 0 radical (unpaired) electrons. The summed E-state index contributed by atoms with van der Waals surface area (Å²) in [5, 5.41) is 0. The minimum absolute atomic E-state index is 0.0207. The molecule has 0 bridgehead atoms. The summed E-state index contributed by atoms with van der Waals surface area (Å²) in [4.78, 5) is 0. The molecule has 0 aliphatic rings. The number of rotatable bonds is 2. The third kappa shape index (κ3) is 2.85. The maximum atomic E-state index is 12.0. The van der Waals surface area contributed by atoms with Crippen molar-refractivity contribution in [3.05, 3.63) is 29.8 Å². The van der Waals surface area contributed by atoms with Crippen LogP contribution < -0.4 is 5.73 Å². The van der Waals surface area contributed by atoms with Crippen LogP contribution in [0.1, 0.15) is 5.56 Å². The summed E-state index contributed by atoms with van der Waals surface area (Å²) in [7, 11) is -5.12. The fourth-order valence-electron chi connectivity index (χ4n) is 0.984. The lowest BCUT2D eigenvalue weighted by Crippen LogP contribution is -2.24. The van der Waals surface area contributed by atoms with Crippen molar-refractivity contribution in [3.8, 4) is 0 Å². The molecular formula is C8H8F3NO2S. The van der Waals surface area contributed by atoms with E-state index in [0.29, 0.717) is 0 Å². The zero-order valence-corrected chi connectivity index (χ0v) is 8.27. The predicted octanol–water partition coefficient (Wildman–Crippen LogP) is 1.70. The van der Waals surface area contributed by atoms with Gasteiger partial charge < -0.3 is 5.73 Å². The summed E-state index contributed by atoms with van der Waals surface area (Å²) >= 11 is 0. The van der Waals surface area contributed by atoms with Crippen LogP contribution in [0, 0.1) is 0 Å². The molecule has 0 aliphatic carbocycles. The van der Waals surface area contributed by atoms with Gasteiger partial charge in [0.25, 0.3) is 9.84 Å². The Bertz CT molecular complexity index is 453. The van der Waals surface area contributed by atoms with Crippen LogP contribution in [0.2, 0.25) is 0 Å². The smallest absolute Gasteiger partial charge is 0.399 e. The molecule has 7 heteroatoms. The summed E-state index contributed by atoms with van der Waals surface area (Å²) in [6, 6.07) is 5.34. The molecule has 1 aromatic rings. The lowest BCUT2D eigenvalue weighted by Gasteiger charge is -2.08. The van der Waals surface area contributed by atoms with E-state index in [4.69, 9.17) is 5.73 Å². The summed E-state index contributed by atoms with van der Waals surface area (Å²) in [5.74, 6) is -1.08. The lowest BCUT2D eigenvalue weighted by atomic mass is 10.2. The standard InChI is InChI=1S/C8H8F3NO2S/c9-8(10,11)15(13,14)5-6-2-1-3-7(12)4-6/h1-4H,5,12H2. The summed E-state index contributed by atoms with van der Waals surface area (Å²) in [6.45, 7) is 0. The van der Waals surface area contributed by atoms with E-state index < -0.39 is 21.1 Å². The number of halogens is 3. The first kappa shape index (κ1) is 11.8. The van der Waals surface area contributed by atoms with Crippen molar-refractivity contribution in [2.45, 2.75) is 11.3 Å². The highest BCUT2D eigenvalue weighted by Crippen LogP contribution is 2.26. The zero-order valence-electron chi connectivity index (χ0n) is 7.45. The molecule has 0 fully saturated rings. The molecule has 84 valence electrons. The Morgan fingerprint density at radius 3 is 2.33 bits per heavy atom. The number of nitrogen functional groups attached to an aromatic ring is 1. The van der Waals surface area contributed by atoms with Gasteiger partial charge in [-0.15, -0.1) is 0 Å². The highest BCUT2D eigenvalue weighted by Gasteiger charge is 2.45. The normalized spacial score (nSPS) is 12.7. The van der Waals surface area contributed by atoms with Crippen molar-refractivity contribution < 1.29 is 21.6 Å². The minimum atomic E-state index is -5.22. The average Bonchev–Trinajstić information content (AvgIpc) is 2.00. The van der Waals surface area contributed by atoms with Gasteiger partial charge in [-0.3, -0.25) is 0 Å². The van der Waals surface area contributed by atoms with E-state index in [1.807, 2.05) is 0 Å². The first-order valence-electron chi connectivity index (χ1n) is 3.86. The molecule has 15 heavy (non-hydrogen) atoms. The van der Waals surface area contributed by atoms with Crippen molar-refractivity contribution in [1.29, 1.82) is 0 Å². The highest BCUT2D eigenvalue weighted by molar-refractivity contribution is 7.91. The minimum Gasteiger partial charge on any atom is -0.399 e. The van der Waals surface area contributed by atoms with E-state index in [9.17, 15) is 21.6 Å². The molecule has 3 nitrogen and oxygen atoms in total. The molecule has 0 unspecified atom stereocenters. The van der Waals surface area contributed by atoms with Crippen LogP contribution >= 0.6 is 0 Å². The molecule has 2 N–H and O–H groups in total. The lowest BCUT2D eigenvalue weighted by molar-refractivity contribution is -0.0437. The third-order valence-corrected chi connectivity index (χ3v) is 3.08. The van der Waals surface area contributed by atoms with Gasteiger partial charge in [-0.05, 0) is 17.7 Å². The Morgan fingerprint density at radius 2 is 1.87 bits per heavy atom. The van der Waals surface area contributed by atoms with E-state index >= 15 is 0 Å². The third-order valence-electron chi connectivity index (χ3n) is 1.66. The maximum absolute atomic E-state index is 12.0. The van der Waals surface area contributed by atoms with Gasteiger partial charge in [0.15, 0.2) is 0 Å². The summed E-state index contributed by atoms with van der Waals surface area (Å²) in [6.07, 6.45) is 0. The molecule has 0 amide bonds. The Labute approximate surface area is 84.6 Å². The summed E-state index contributed by atoms with van der Waals surface area (Å²) in [5.41, 5.74) is 0.333. The number of benzene rings is 1. The fraction of sp³-hybridized carbons (Fsp3) is 0.250. The summed E-state index contributed by atoms with van der Waals surface area (Å²) < 4.78 is 57.5. The van der Waals surface area contributed by atoms with Gasteiger partial charge in [0.2, 0.25) is 0 Å². The van der Waals surface area contributed by atoms with Crippen molar-refractivity contribution in [2.75, 3.05) is 5.73 Å². The molecule has 0 spiro atoms. The van der Waals surface area contributed by atoms with E-state index in [-0.39, 0.29) is 11.3 Å². The van der Waals surface area contributed by atoms with Gasteiger partial charge in [-0.25, -0.2) is 8.42 Å². The van der Waals surface area contributed by atoms with Gasteiger partial charge in [0, 0.05) is 5.69 Å². The Kier molecular flexibility index (Phi) is 2.94. The topological polar surface area (TPSA) is 60.2 Å². The van der Waals surface area contributed by atoms with Crippen LogP contribution in [-0.2, 0) is 15.6 Å². The van der Waals surface area contributed by atoms with Gasteiger partial charge in [-0.1, -0.05) is 12.1 Å². The molecule has 0 saturated heterocycles. The second kappa shape index (κ2) is 3.73. The van der Waals surface area contributed by atoms with Crippen molar-refractivity contribution in [1.82, 2.24) is 0 Å². The van der Waals surface area contributed by atoms with Gasteiger partial charge in [-0.2, -0.15) is 13.2 Å². The molecule has 0 aromatic heterocycles. The van der Waals surface area contributed by atoms with E-state index in [0.717, 1.165) is 0 Å². The Hall–Kier alpha value is -1.24. The van der Waals surface area contributed by atoms with Crippen molar-refractivity contribution in [3.63, 3.8) is 0 Å². The van der Waals surface area contributed by atoms with Crippen LogP contribution in [-0.4, -0.2) is 13.9 Å². The molecular weight excluding hydrogens is 231 g/mol. The molecule has 0 atom stereocenters. The first-order valence-corrected chi connectivity index (χ1v) is 5.51. The number of nitrogens with two attached hydrogens (primary N) is 1. The van der Waals surface area contributed by atoms with Crippen LogP contribution in [0.15, 0.2) is 24.3 Å². The Balaban J connectivity index is 2.98. The number of anilines is 1. The largest absolute Gasteiger partial charge is 0.497 e. The van der Waals surface area contributed by atoms with Gasteiger partial charge in [0.1, 0.15) is 0 Å². The highest BCUT2D eigenvalue weighted by atomic mass is 32.2. The monoisotopic (exact) mass is 239 g/mol. The average molecular weight is 239 g/mol. The van der Waals surface area contributed by atoms with Crippen LogP contribution in [0.25, 0.3) is 0 Å². The van der Waals surface area contributed by atoms with Crippen molar-refractivity contribution in [2.24, 2.45) is 0 Å². The first-order chi connectivity index (χ1) is 6.72. The van der Waals surface area contributed by atoms with E-state index in [1.165, 1.54) is 24.3 Å². The van der Waals surface area contributed by atoms with Gasteiger partial charge in [0.05, 0.1) is 5.75 Å². The van der Waals surface area contributed by atoms with E-state index in [1.54, 1.807) is 0 Å². The molecule has 1 aromatic carbocycles. The number of alkyl halides is 3. The van der Waals surface area contributed by atoms with Crippen LogP contribution in [0.3, 0.4) is 0 Å². The van der Waals surface area contributed by atoms with Crippen molar-refractivity contribution >= 4 is 15.5 Å². The predicted molar refractivity (Wildman–Crippen MR) is 49.5 cm³/mol.